The lowest BCUT2D eigenvalue weighted by atomic mass is 10.1. The van der Waals surface area contributed by atoms with E-state index in [1.54, 1.807) is 20.8 Å². The number of nitrogens with two attached hydrogens (primary N) is 3. The standard InChI is InChI=1S/C22H44N6O5/c1-22(2,3)33-19(30)11-10-18(29)28-17(21(32)27-15-13-24)9-5-7-14-26-20(31)16(25)8-4-6-12-23/h16-17H,4-15,23-25H2,1-3H3,(H,26,31)(H,27,32)(H,28,29)/t16-,17-/m0/s1. The molecule has 0 aliphatic carbocycles. The number of carbonyl (C=O) groups is 4. The average Bonchev–Trinajstić information content (AvgIpc) is 2.73. The van der Waals surface area contributed by atoms with E-state index >= 15 is 0 Å². The fourth-order valence-corrected chi connectivity index (χ4v) is 2.92. The molecule has 0 aromatic heterocycles. The Morgan fingerprint density at radius 3 is 2.06 bits per heavy atom. The monoisotopic (exact) mass is 472 g/mol. The minimum Gasteiger partial charge on any atom is -0.460 e. The molecule has 0 aliphatic rings. The van der Waals surface area contributed by atoms with Gasteiger partial charge in [0.15, 0.2) is 0 Å². The minimum absolute atomic E-state index is 0.0716. The Morgan fingerprint density at radius 1 is 0.818 bits per heavy atom. The van der Waals surface area contributed by atoms with Crippen LogP contribution in [-0.2, 0) is 23.9 Å². The molecule has 0 saturated carbocycles. The van der Waals surface area contributed by atoms with Crippen molar-refractivity contribution in [1.29, 1.82) is 0 Å². The molecule has 0 rings (SSSR count). The SMILES string of the molecule is CC(C)(C)OC(=O)CCC(=O)N[C@@H](CCCCNC(=O)[C@@H](N)CCCCN)C(=O)NCCN. The van der Waals surface area contributed by atoms with Crippen LogP contribution in [0.4, 0.5) is 0 Å². The Labute approximate surface area is 197 Å². The van der Waals surface area contributed by atoms with Crippen molar-refractivity contribution < 1.29 is 23.9 Å². The summed E-state index contributed by atoms with van der Waals surface area (Å²) in [6, 6.07) is -1.31. The molecule has 0 radical (unpaired) electrons. The normalized spacial score (nSPS) is 13.0. The zero-order chi connectivity index (χ0) is 25.3. The van der Waals surface area contributed by atoms with E-state index < -0.39 is 29.6 Å². The number of ether oxygens (including phenoxy) is 1. The first kappa shape index (κ1) is 30.8. The maximum atomic E-state index is 12.4. The van der Waals surface area contributed by atoms with E-state index in [0.29, 0.717) is 45.3 Å². The highest BCUT2D eigenvalue weighted by molar-refractivity contribution is 5.88. The number of carbonyl (C=O) groups excluding carboxylic acids is 4. The van der Waals surface area contributed by atoms with Crippen molar-refractivity contribution in [2.24, 2.45) is 17.2 Å². The highest BCUT2D eigenvalue weighted by atomic mass is 16.6. The Balaban J connectivity index is 4.46. The zero-order valence-corrected chi connectivity index (χ0v) is 20.4. The topological polar surface area (TPSA) is 192 Å². The Hall–Kier alpha value is -2.24. The van der Waals surface area contributed by atoms with Gasteiger partial charge in [0.25, 0.3) is 0 Å². The molecule has 0 aromatic carbocycles. The summed E-state index contributed by atoms with van der Waals surface area (Å²) in [6.07, 6.45) is 3.67. The summed E-state index contributed by atoms with van der Waals surface area (Å²) in [4.78, 5) is 48.4. The molecule has 0 fully saturated rings. The van der Waals surface area contributed by atoms with Gasteiger partial charge in [-0.2, -0.15) is 0 Å². The molecule has 0 unspecified atom stereocenters. The van der Waals surface area contributed by atoms with Gasteiger partial charge in [0, 0.05) is 26.1 Å². The van der Waals surface area contributed by atoms with Crippen molar-refractivity contribution in [1.82, 2.24) is 16.0 Å². The number of esters is 1. The second kappa shape index (κ2) is 17.3. The molecule has 33 heavy (non-hydrogen) atoms. The van der Waals surface area contributed by atoms with E-state index in [1.165, 1.54) is 0 Å². The molecule has 0 aliphatic heterocycles. The number of hydrogen-bond acceptors (Lipinski definition) is 8. The van der Waals surface area contributed by atoms with Crippen LogP contribution >= 0.6 is 0 Å². The van der Waals surface area contributed by atoms with Crippen molar-refractivity contribution in [3.05, 3.63) is 0 Å². The van der Waals surface area contributed by atoms with Gasteiger partial charge in [-0.3, -0.25) is 19.2 Å². The van der Waals surface area contributed by atoms with Crippen LogP contribution in [0.5, 0.6) is 0 Å². The number of hydrogen-bond donors (Lipinski definition) is 6. The summed E-state index contributed by atoms with van der Waals surface area (Å²) in [7, 11) is 0. The zero-order valence-electron chi connectivity index (χ0n) is 20.4. The van der Waals surface area contributed by atoms with Gasteiger partial charge in [0.05, 0.1) is 12.5 Å². The van der Waals surface area contributed by atoms with E-state index in [0.717, 1.165) is 12.8 Å². The van der Waals surface area contributed by atoms with Crippen molar-refractivity contribution >= 4 is 23.7 Å². The third-order valence-corrected chi connectivity index (χ3v) is 4.60. The van der Waals surface area contributed by atoms with Crippen LogP contribution in [0.1, 0.15) is 72.1 Å². The minimum atomic E-state index is -0.753. The quantitative estimate of drug-likeness (QED) is 0.119. The van der Waals surface area contributed by atoms with Crippen LogP contribution in [-0.4, -0.2) is 67.6 Å². The summed E-state index contributed by atoms with van der Waals surface area (Å²) in [5.74, 6) is -1.43. The van der Waals surface area contributed by atoms with Crippen molar-refractivity contribution in [2.45, 2.75) is 89.8 Å². The van der Waals surface area contributed by atoms with Crippen LogP contribution < -0.4 is 33.2 Å². The van der Waals surface area contributed by atoms with Crippen molar-refractivity contribution in [3.63, 3.8) is 0 Å². The molecule has 3 amide bonds. The second-order valence-electron chi connectivity index (χ2n) is 8.96. The third-order valence-electron chi connectivity index (χ3n) is 4.60. The largest absolute Gasteiger partial charge is 0.460 e. The predicted molar refractivity (Wildman–Crippen MR) is 127 cm³/mol. The van der Waals surface area contributed by atoms with Crippen molar-refractivity contribution in [2.75, 3.05) is 26.2 Å². The van der Waals surface area contributed by atoms with E-state index in [-0.39, 0.29) is 31.2 Å². The molecule has 9 N–H and O–H groups in total. The molecule has 0 bridgehead atoms. The summed E-state index contributed by atoms with van der Waals surface area (Å²) in [5.41, 5.74) is 16.1. The Morgan fingerprint density at radius 2 is 1.45 bits per heavy atom. The van der Waals surface area contributed by atoms with Crippen LogP contribution in [0, 0.1) is 0 Å². The van der Waals surface area contributed by atoms with E-state index in [1.807, 2.05) is 0 Å². The van der Waals surface area contributed by atoms with Crippen molar-refractivity contribution in [3.8, 4) is 0 Å². The van der Waals surface area contributed by atoms with Gasteiger partial charge in [-0.15, -0.1) is 0 Å². The predicted octanol–water partition coefficient (Wildman–Crippen LogP) is -0.589. The molecule has 11 nitrogen and oxygen atoms in total. The number of unbranched alkanes of at least 4 members (excludes halogenated alkanes) is 2. The van der Waals surface area contributed by atoms with Gasteiger partial charge < -0.3 is 37.9 Å². The van der Waals surface area contributed by atoms with Gasteiger partial charge >= 0.3 is 5.97 Å². The van der Waals surface area contributed by atoms with E-state index in [9.17, 15) is 19.2 Å². The smallest absolute Gasteiger partial charge is 0.306 e. The molecular weight excluding hydrogens is 428 g/mol. The van der Waals surface area contributed by atoms with E-state index in [2.05, 4.69) is 16.0 Å². The molecule has 192 valence electrons. The fraction of sp³-hybridized carbons (Fsp3) is 0.818. The lowest BCUT2D eigenvalue weighted by Crippen LogP contribution is -2.48. The Bertz CT molecular complexity index is 609. The molecule has 0 saturated heterocycles. The highest BCUT2D eigenvalue weighted by Crippen LogP contribution is 2.09. The van der Waals surface area contributed by atoms with Gasteiger partial charge in [0.1, 0.15) is 11.6 Å². The molecule has 2 atom stereocenters. The first-order chi connectivity index (χ1) is 15.5. The maximum absolute atomic E-state index is 12.4. The third kappa shape index (κ3) is 17.0. The summed E-state index contributed by atoms with van der Waals surface area (Å²) in [5, 5.41) is 8.13. The second-order valence-corrected chi connectivity index (χ2v) is 8.96. The summed E-state index contributed by atoms with van der Waals surface area (Å²) < 4.78 is 5.19. The summed E-state index contributed by atoms with van der Waals surface area (Å²) in [6.45, 7) is 6.82. The van der Waals surface area contributed by atoms with Gasteiger partial charge in [-0.05, 0) is 59.4 Å². The Kier molecular flexibility index (Phi) is 16.1. The number of rotatable bonds is 17. The molecule has 0 spiro atoms. The number of amides is 3. The van der Waals surface area contributed by atoms with E-state index in [4.69, 9.17) is 21.9 Å². The van der Waals surface area contributed by atoms with Crippen LogP contribution in [0.3, 0.4) is 0 Å². The van der Waals surface area contributed by atoms with Crippen LogP contribution in [0.15, 0.2) is 0 Å². The molecule has 0 heterocycles. The van der Waals surface area contributed by atoms with Gasteiger partial charge in [-0.1, -0.05) is 6.42 Å². The van der Waals surface area contributed by atoms with Crippen LogP contribution in [0.2, 0.25) is 0 Å². The maximum Gasteiger partial charge on any atom is 0.306 e. The molecular formula is C22H44N6O5. The average molecular weight is 473 g/mol. The fourth-order valence-electron chi connectivity index (χ4n) is 2.92. The first-order valence-corrected chi connectivity index (χ1v) is 11.7. The lowest BCUT2D eigenvalue weighted by molar-refractivity contribution is -0.155. The first-order valence-electron chi connectivity index (χ1n) is 11.7. The molecule has 11 heteroatoms. The van der Waals surface area contributed by atoms with Gasteiger partial charge in [0.2, 0.25) is 17.7 Å². The van der Waals surface area contributed by atoms with Gasteiger partial charge in [-0.25, -0.2) is 0 Å². The lowest BCUT2D eigenvalue weighted by Gasteiger charge is -2.20. The molecule has 0 aromatic rings. The summed E-state index contributed by atoms with van der Waals surface area (Å²) >= 11 is 0. The number of nitrogens with one attached hydrogen (secondary N) is 3. The van der Waals surface area contributed by atoms with Crippen LogP contribution in [0.25, 0.3) is 0 Å². The highest BCUT2D eigenvalue weighted by Gasteiger charge is 2.22.